The van der Waals surface area contributed by atoms with E-state index < -0.39 is 16.1 Å². The molecule has 2 aliphatic heterocycles. The van der Waals surface area contributed by atoms with Crippen LogP contribution in [0.2, 0.25) is 0 Å². The van der Waals surface area contributed by atoms with Crippen LogP contribution >= 0.6 is 0 Å². The fourth-order valence-electron chi connectivity index (χ4n) is 7.07. The zero-order valence-electron chi connectivity index (χ0n) is 30.0. The van der Waals surface area contributed by atoms with Gasteiger partial charge in [0.25, 0.3) is 15.9 Å². The highest BCUT2D eigenvalue weighted by Crippen LogP contribution is 2.32. The average molecular weight is 698 g/mol. The van der Waals surface area contributed by atoms with Gasteiger partial charge in [0.1, 0.15) is 6.61 Å². The first-order valence-electron chi connectivity index (χ1n) is 17.3. The predicted molar refractivity (Wildman–Crippen MR) is 195 cm³/mol. The van der Waals surface area contributed by atoms with Crippen molar-refractivity contribution in [3.8, 4) is 17.1 Å². The van der Waals surface area contributed by atoms with Crippen molar-refractivity contribution in [1.29, 1.82) is 0 Å². The lowest BCUT2D eigenvalue weighted by Gasteiger charge is -2.36. The third-order valence-corrected chi connectivity index (χ3v) is 10.7. The maximum atomic E-state index is 14.6. The van der Waals surface area contributed by atoms with Crippen molar-refractivity contribution < 1.29 is 17.9 Å². The molecular formula is C38H47N7O4S. The number of carbonyl (C=O) groups excluding carboxylic acids is 1. The largest absolute Gasteiger partial charge is 0.475 e. The molecule has 2 aromatic carbocycles. The lowest BCUT2D eigenvalue weighted by molar-refractivity contribution is 0.0509. The molecule has 0 saturated carbocycles. The Balaban J connectivity index is 1.46. The van der Waals surface area contributed by atoms with E-state index in [1.54, 1.807) is 29.3 Å². The second-order valence-corrected chi connectivity index (χ2v) is 16.7. The van der Waals surface area contributed by atoms with Crippen LogP contribution in [0.3, 0.4) is 0 Å². The first-order chi connectivity index (χ1) is 23.7. The van der Waals surface area contributed by atoms with Gasteiger partial charge in [0.15, 0.2) is 0 Å². The molecule has 1 fully saturated rings. The number of hydrogen-bond donors (Lipinski definition) is 1. The summed E-state index contributed by atoms with van der Waals surface area (Å²) in [7, 11) is -4.17. The van der Waals surface area contributed by atoms with E-state index in [4.69, 9.17) is 9.72 Å². The minimum absolute atomic E-state index is 0.0726. The second-order valence-electron chi connectivity index (χ2n) is 15.0. The van der Waals surface area contributed by atoms with Gasteiger partial charge in [-0.25, -0.2) is 28.1 Å². The summed E-state index contributed by atoms with van der Waals surface area (Å²) in [6.45, 7) is 15.9. The molecule has 1 saturated heterocycles. The molecule has 0 radical (unpaired) electrons. The number of aryl methyl sites for hydroxylation is 2. The Morgan fingerprint density at radius 1 is 1.00 bits per heavy atom. The number of nitrogens with one attached hydrogen (secondary N) is 1. The van der Waals surface area contributed by atoms with Gasteiger partial charge in [-0.15, -0.1) is 0 Å². The third kappa shape index (κ3) is 7.75. The number of fused-ring (bicyclic) bond motifs is 4. The van der Waals surface area contributed by atoms with Gasteiger partial charge in [-0.05, 0) is 79.8 Å². The minimum Gasteiger partial charge on any atom is -0.475 e. The topological polar surface area (TPSA) is 131 Å². The van der Waals surface area contributed by atoms with Crippen LogP contribution in [0.25, 0.3) is 11.3 Å². The minimum atomic E-state index is -4.17. The second kappa shape index (κ2) is 14.0. The molecule has 264 valence electrons. The predicted octanol–water partition coefficient (Wildman–Crippen LogP) is 6.82. The summed E-state index contributed by atoms with van der Waals surface area (Å²) < 4.78 is 36.5. The monoisotopic (exact) mass is 697 g/mol. The summed E-state index contributed by atoms with van der Waals surface area (Å²) in [5.74, 6) is 0.873. The molecule has 4 heterocycles. The smallest absolute Gasteiger partial charge is 0.264 e. The maximum absolute atomic E-state index is 14.6. The molecule has 1 unspecified atom stereocenters. The normalized spacial score (nSPS) is 19.3. The molecule has 50 heavy (non-hydrogen) atoms. The van der Waals surface area contributed by atoms with E-state index in [-0.39, 0.29) is 46.8 Å². The van der Waals surface area contributed by atoms with Crippen molar-refractivity contribution in [3.63, 3.8) is 0 Å². The number of aromatic nitrogens is 4. The molecule has 2 aromatic heterocycles. The van der Waals surface area contributed by atoms with Gasteiger partial charge < -0.3 is 14.5 Å². The van der Waals surface area contributed by atoms with Gasteiger partial charge in [-0.1, -0.05) is 58.9 Å². The molecule has 0 aliphatic carbocycles. The van der Waals surface area contributed by atoms with Crippen LogP contribution in [0.4, 0.5) is 11.9 Å². The van der Waals surface area contributed by atoms with Crippen LogP contribution < -0.4 is 14.4 Å². The van der Waals surface area contributed by atoms with Crippen molar-refractivity contribution in [2.45, 2.75) is 91.3 Å². The number of anilines is 2. The summed E-state index contributed by atoms with van der Waals surface area (Å²) in [6, 6.07) is 15.5. The fourth-order valence-corrected chi connectivity index (χ4v) is 8.06. The van der Waals surface area contributed by atoms with E-state index in [1.807, 2.05) is 38.1 Å². The number of hydrogen-bond acceptors (Lipinski definition) is 9. The molecule has 11 nitrogen and oxygen atoms in total. The van der Waals surface area contributed by atoms with Gasteiger partial charge in [-0.2, -0.15) is 4.98 Å². The van der Waals surface area contributed by atoms with E-state index in [9.17, 15) is 13.2 Å². The van der Waals surface area contributed by atoms with Crippen molar-refractivity contribution >= 4 is 27.8 Å². The van der Waals surface area contributed by atoms with Crippen LogP contribution in [-0.2, 0) is 16.6 Å². The van der Waals surface area contributed by atoms with E-state index in [0.29, 0.717) is 35.7 Å². The van der Waals surface area contributed by atoms with E-state index >= 15 is 0 Å². The Labute approximate surface area is 295 Å². The highest BCUT2D eigenvalue weighted by atomic mass is 32.2. The number of ether oxygens (including phenoxy) is 1. The molecule has 12 heteroatoms. The number of rotatable bonds is 6. The Kier molecular flexibility index (Phi) is 9.85. The number of benzene rings is 2. The zero-order valence-corrected chi connectivity index (χ0v) is 30.8. The molecule has 1 N–H and O–H groups in total. The van der Waals surface area contributed by atoms with Gasteiger partial charge in [0.05, 0.1) is 28.9 Å². The van der Waals surface area contributed by atoms with E-state index in [0.717, 1.165) is 36.1 Å². The zero-order chi connectivity index (χ0) is 35.8. The summed E-state index contributed by atoms with van der Waals surface area (Å²) >= 11 is 0. The number of amides is 1. The number of sulfonamides is 1. The Hall–Kier alpha value is -4.58. The SMILES string of the molecule is Cc1cccc(C)c1-c1cc2nc(n1)NS(=O)(=O)c1cccc(c1)C(=O)N(Cc1ccnc(N3CCCC3C(C)C)n1)[C@H](CC(C)(C)C)CO2. The van der Waals surface area contributed by atoms with Crippen molar-refractivity contribution in [2.75, 3.05) is 22.8 Å². The Morgan fingerprint density at radius 2 is 1.74 bits per heavy atom. The van der Waals surface area contributed by atoms with E-state index in [1.165, 1.54) is 12.1 Å². The molecule has 4 aromatic rings. The third-order valence-electron chi connectivity index (χ3n) is 9.39. The molecular weight excluding hydrogens is 651 g/mol. The number of nitrogens with zero attached hydrogens (tertiary/aromatic N) is 6. The summed E-state index contributed by atoms with van der Waals surface area (Å²) in [5.41, 5.74) is 4.10. The van der Waals surface area contributed by atoms with Crippen molar-refractivity contribution in [3.05, 3.63) is 83.2 Å². The van der Waals surface area contributed by atoms with Crippen molar-refractivity contribution in [1.82, 2.24) is 24.8 Å². The molecule has 6 rings (SSSR count). The molecule has 2 atom stereocenters. The average Bonchev–Trinajstić information content (AvgIpc) is 3.55. The van der Waals surface area contributed by atoms with Gasteiger partial charge in [0, 0.05) is 36.0 Å². The highest BCUT2D eigenvalue weighted by Gasteiger charge is 2.33. The van der Waals surface area contributed by atoms with Crippen LogP contribution in [0.5, 0.6) is 5.88 Å². The van der Waals surface area contributed by atoms with E-state index in [2.05, 4.69) is 59.2 Å². The first-order valence-corrected chi connectivity index (χ1v) is 18.8. The lowest BCUT2D eigenvalue weighted by Crippen LogP contribution is -2.45. The van der Waals surface area contributed by atoms with Crippen LogP contribution in [0.1, 0.15) is 81.1 Å². The number of carbonyl (C=O) groups is 1. The van der Waals surface area contributed by atoms with Gasteiger partial charge >= 0.3 is 0 Å². The fraction of sp³-hybridized carbons (Fsp3) is 0.447. The maximum Gasteiger partial charge on any atom is 0.264 e. The lowest BCUT2D eigenvalue weighted by atomic mass is 9.87. The Morgan fingerprint density at radius 3 is 2.46 bits per heavy atom. The summed E-state index contributed by atoms with van der Waals surface area (Å²) in [5, 5.41) is 0. The standard InChI is InChI=1S/C38H47N7O4S/c1-24(2)32-15-10-18-44(32)37-39-17-16-28(40-37)22-45-29(21-38(5,6)7)23-49-33-20-31(34-25(3)11-8-12-26(34)4)41-36(42-33)43-50(47,48)30-14-9-13-27(19-30)35(45)46/h8-9,11-14,16-17,19-20,24,29,32H,10,15,18,21-23H2,1-7H3,(H,41,42,43)/t29-,32?/m1/s1. The van der Waals surface area contributed by atoms with Crippen LogP contribution in [0, 0.1) is 25.2 Å². The molecule has 2 aliphatic rings. The quantitative estimate of drug-likeness (QED) is 0.231. The summed E-state index contributed by atoms with van der Waals surface area (Å²) in [6.07, 6.45) is 4.52. The van der Waals surface area contributed by atoms with Crippen LogP contribution in [-0.4, -0.2) is 64.4 Å². The summed E-state index contributed by atoms with van der Waals surface area (Å²) in [4.78, 5) is 37.3. The van der Waals surface area contributed by atoms with Crippen molar-refractivity contribution in [2.24, 2.45) is 11.3 Å². The highest BCUT2D eigenvalue weighted by molar-refractivity contribution is 7.92. The molecule has 0 spiro atoms. The van der Waals surface area contributed by atoms with Crippen LogP contribution in [0.15, 0.2) is 65.7 Å². The Bertz CT molecular complexity index is 1970. The van der Waals surface area contributed by atoms with Gasteiger partial charge in [0.2, 0.25) is 17.8 Å². The molecule has 4 bridgehead atoms. The molecule has 1 amide bonds. The van der Waals surface area contributed by atoms with Gasteiger partial charge in [-0.3, -0.25) is 4.79 Å². The first kappa shape index (κ1) is 35.3.